The second-order valence-corrected chi connectivity index (χ2v) is 6.47. The molecule has 0 aliphatic heterocycles. The minimum atomic E-state index is -0.472. The molecular formula is C23H14FN4NaO3. The van der Waals surface area contributed by atoms with E-state index in [0.717, 1.165) is 0 Å². The average Bonchev–Trinajstić information content (AvgIpc) is 2.76. The molecule has 32 heavy (non-hydrogen) atoms. The first kappa shape index (κ1) is 23.0. The Morgan fingerprint density at radius 1 is 1.00 bits per heavy atom. The normalized spacial score (nSPS) is 10.0. The Morgan fingerprint density at radius 2 is 1.62 bits per heavy atom. The Bertz CT molecular complexity index is 1310. The van der Waals surface area contributed by atoms with Crippen molar-refractivity contribution < 1.29 is 48.6 Å². The Labute approximate surface area is 205 Å². The molecule has 0 saturated heterocycles. The van der Waals surface area contributed by atoms with Gasteiger partial charge in [0.1, 0.15) is 17.3 Å². The molecule has 0 aliphatic carbocycles. The van der Waals surface area contributed by atoms with Crippen LogP contribution in [0, 0.1) is 12.4 Å². The molecule has 7 nitrogen and oxygen atoms in total. The number of urea groups is 1. The smallest absolute Gasteiger partial charge is 0.881 e. The summed E-state index contributed by atoms with van der Waals surface area (Å²) in [5.41, 5.74) is 1.42. The minimum Gasteiger partial charge on any atom is -0.881 e. The van der Waals surface area contributed by atoms with Crippen LogP contribution in [-0.4, -0.2) is 11.0 Å². The number of carbonyl (C=O) groups excluding carboxylic acids is 1. The zero-order valence-corrected chi connectivity index (χ0v) is 18.9. The molecule has 0 radical (unpaired) electrons. The second-order valence-electron chi connectivity index (χ2n) is 6.47. The van der Waals surface area contributed by atoms with E-state index in [1.54, 1.807) is 30.3 Å². The number of halogens is 1. The number of hydrogen-bond donors (Lipinski definition) is 2. The molecule has 0 unspecified atom stereocenters. The van der Waals surface area contributed by atoms with Gasteiger partial charge < -0.3 is 20.5 Å². The first-order chi connectivity index (χ1) is 15.0. The number of rotatable bonds is 4. The molecule has 0 fully saturated rings. The molecule has 0 spiro atoms. The van der Waals surface area contributed by atoms with E-state index in [1.807, 2.05) is 0 Å². The fourth-order valence-electron chi connectivity index (χ4n) is 2.87. The van der Waals surface area contributed by atoms with Gasteiger partial charge in [-0.2, -0.15) is 0 Å². The molecule has 0 saturated carbocycles. The number of nitrogens with zero attached hydrogens (tertiary/aromatic N) is 2. The minimum absolute atomic E-state index is 0. The molecule has 0 atom stereocenters. The van der Waals surface area contributed by atoms with Crippen molar-refractivity contribution in [3.05, 3.63) is 90.2 Å². The summed E-state index contributed by atoms with van der Waals surface area (Å²) < 4.78 is 18.8. The van der Waals surface area contributed by atoms with Gasteiger partial charge in [-0.05, 0) is 60.7 Å². The van der Waals surface area contributed by atoms with Crippen LogP contribution < -0.4 is 50.0 Å². The van der Waals surface area contributed by atoms with Gasteiger partial charge in [0.25, 0.3) is 0 Å². The van der Waals surface area contributed by atoms with Crippen LogP contribution in [-0.2, 0) is 0 Å². The molecular weight excluding hydrogens is 422 g/mol. The van der Waals surface area contributed by atoms with Crippen LogP contribution in [0.25, 0.3) is 15.7 Å². The molecule has 152 valence electrons. The Balaban J connectivity index is 0.00000289. The van der Waals surface area contributed by atoms with Gasteiger partial charge in [-0.1, -0.05) is 6.07 Å². The topological polar surface area (TPSA) is 90.7 Å². The maximum atomic E-state index is 12.9. The third-order valence-corrected chi connectivity index (χ3v) is 4.34. The van der Waals surface area contributed by atoms with Gasteiger partial charge in [0.05, 0.1) is 12.1 Å². The van der Waals surface area contributed by atoms with Gasteiger partial charge >= 0.3 is 35.6 Å². The second kappa shape index (κ2) is 10.1. The SMILES string of the molecule is [C-]#[N+]c1cc2c(Oc3ccc(NC(=O)Nc4ccc(F)cc4)cc3)ccnc2cc1[O-].[Na+]. The maximum Gasteiger partial charge on any atom is 1.00 e. The van der Waals surface area contributed by atoms with E-state index < -0.39 is 6.03 Å². The number of anilines is 2. The monoisotopic (exact) mass is 436 g/mol. The van der Waals surface area contributed by atoms with Crippen LogP contribution in [0.15, 0.2) is 72.9 Å². The van der Waals surface area contributed by atoms with Crippen molar-refractivity contribution in [3.63, 3.8) is 0 Å². The quantitative estimate of drug-likeness (QED) is 0.380. The summed E-state index contributed by atoms with van der Waals surface area (Å²) in [7, 11) is 0. The largest absolute Gasteiger partial charge is 1.00 e. The molecule has 4 rings (SSSR count). The van der Waals surface area contributed by atoms with Gasteiger partial charge in [-0.15, -0.1) is 5.75 Å². The van der Waals surface area contributed by atoms with E-state index in [0.29, 0.717) is 33.8 Å². The zero-order chi connectivity index (χ0) is 21.8. The fourth-order valence-corrected chi connectivity index (χ4v) is 2.87. The summed E-state index contributed by atoms with van der Waals surface area (Å²) in [4.78, 5) is 19.5. The maximum absolute atomic E-state index is 12.9. The van der Waals surface area contributed by atoms with Crippen LogP contribution in [0.2, 0.25) is 0 Å². The van der Waals surface area contributed by atoms with Crippen molar-refractivity contribution in [2.24, 2.45) is 0 Å². The number of pyridine rings is 1. The molecule has 1 aromatic heterocycles. The molecule has 2 amide bonds. The van der Waals surface area contributed by atoms with E-state index in [9.17, 15) is 14.3 Å². The Morgan fingerprint density at radius 3 is 2.25 bits per heavy atom. The van der Waals surface area contributed by atoms with Gasteiger partial charge in [0, 0.05) is 23.0 Å². The van der Waals surface area contributed by atoms with Gasteiger partial charge in [0.2, 0.25) is 0 Å². The molecule has 0 aliphatic rings. The summed E-state index contributed by atoms with van der Waals surface area (Å²) >= 11 is 0. The predicted octanol–water partition coefficient (Wildman–Crippen LogP) is 2.44. The summed E-state index contributed by atoms with van der Waals surface area (Å²) in [6.07, 6.45) is 1.52. The fraction of sp³-hybridized carbons (Fsp3) is 0. The molecule has 3 aromatic carbocycles. The van der Waals surface area contributed by atoms with E-state index in [4.69, 9.17) is 11.3 Å². The summed E-state index contributed by atoms with van der Waals surface area (Å²) in [6, 6.07) is 16.0. The van der Waals surface area contributed by atoms with Gasteiger partial charge in [0.15, 0.2) is 5.69 Å². The summed E-state index contributed by atoms with van der Waals surface area (Å²) in [5.74, 6) is 0.168. The molecule has 2 N–H and O–H groups in total. The number of hydrogen-bond acceptors (Lipinski definition) is 4. The van der Waals surface area contributed by atoms with Gasteiger partial charge in [-0.3, -0.25) is 4.98 Å². The summed E-state index contributed by atoms with van der Waals surface area (Å²) in [5, 5.41) is 17.7. The van der Waals surface area contributed by atoms with Gasteiger partial charge in [-0.25, -0.2) is 14.0 Å². The van der Waals surface area contributed by atoms with Crippen molar-refractivity contribution in [1.82, 2.24) is 4.98 Å². The predicted molar refractivity (Wildman–Crippen MR) is 113 cm³/mol. The van der Waals surface area contributed by atoms with Crippen LogP contribution in [0.1, 0.15) is 0 Å². The van der Waals surface area contributed by atoms with Crippen molar-refractivity contribution in [1.29, 1.82) is 0 Å². The third kappa shape index (κ3) is 5.34. The van der Waals surface area contributed by atoms with Crippen LogP contribution in [0.3, 0.4) is 0 Å². The number of ether oxygens (including phenoxy) is 1. The van der Waals surface area contributed by atoms with Crippen LogP contribution in [0.5, 0.6) is 17.2 Å². The molecule has 0 bridgehead atoms. The first-order valence-electron chi connectivity index (χ1n) is 9.10. The number of fused-ring (bicyclic) bond motifs is 1. The number of aromatic nitrogens is 1. The zero-order valence-electron chi connectivity index (χ0n) is 16.9. The van der Waals surface area contributed by atoms with E-state index in [2.05, 4.69) is 20.5 Å². The Hall–Kier alpha value is -3.64. The number of benzene rings is 3. The van der Waals surface area contributed by atoms with Crippen molar-refractivity contribution in [2.45, 2.75) is 0 Å². The van der Waals surface area contributed by atoms with Crippen LogP contribution >= 0.6 is 0 Å². The standard InChI is InChI=1S/C23H15FN4O3.Na/c1-25-20-12-18-19(13-21(20)29)26-11-10-22(18)31-17-8-6-16(7-9-17)28-23(30)27-15-4-2-14(24)3-5-15;/h2-13,29H,(H2,27,28,30);/q;+1/p-1. The van der Waals surface area contributed by atoms with Crippen molar-refractivity contribution in [3.8, 4) is 17.2 Å². The van der Waals surface area contributed by atoms with E-state index >= 15 is 0 Å². The molecule has 9 heteroatoms. The molecule has 4 aromatic rings. The van der Waals surface area contributed by atoms with Crippen LogP contribution in [0.4, 0.5) is 26.2 Å². The number of carbonyl (C=O) groups is 1. The average molecular weight is 436 g/mol. The first-order valence-corrected chi connectivity index (χ1v) is 9.10. The van der Waals surface area contributed by atoms with Crippen molar-refractivity contribution in [2.75, 3.05) is 10.6 Å². The van der Waals surface area contributed by atoms with Crippen molar-refractivity contribution >= 4 is 34.0 Å². The third-order valence-electron chi connectivity index (χ3n) is 4.34. The summed E-state index contributed by atoms with van der Waals surface area (Å²) in [6.45, 7) is 7.12. The molecule has 1 heterocycles. The van der Waals surface area contributed by atoms with E-state index in [1.165, 1.54) is 42.6 Å². The number of amides is 2. The number of nitrogens with one attached hydrogen (secondary N) is 2. The Kier molecular flexibility index (Phi) is 7.28. The van der Waals surface area contributed by atoms with E-state index in [-0.39, 0.29) is 46.8 Å².